The molecule has 0 spiro atoms. The third-order valence-corrected chi connectivity index (χ3v) is 4.54. The molecule has 0 N–H and O–H groups in total. The van der Waals surface area contributed by atoms with E-state index in [1.807, 2.05) is 31.2 Å². The Labute approximate surface area is 168 Å². The molecule has 0 saturated heterocycles. The number of hydrogen-bond donors (Lipinski definition) is 0. The van der Waals surface area contributed by atoms with Crippen molar-refractivity contribution in [1.29, 1.82) is 0 Å². The second kappa shape index (κ2) is 12.0. The average molecular weight is 386 g/mol. The number of nitrogens with zero attached hydrogens (tertiary/aromatic N) is 1. The van der Waals surface area contributed by atoms with Crippen LogP contribution in [-0.4, -0.2) is 38.2 Å². The Hall–Kier alpha value is -2.53. The molecule has 0 radical (unpaired) electrons. The van der Waals surface area contributed by atoms with Crippen LogP contribution in [0.2, 0.25) is 0 Å². The molecule has 0 aliphatic heterocycles. The Morgan fingerprint density at radius 1 is 0.821 bits per heavy atom. The van der Waals surface area contributed by atoms with E-state index in [4.69, 9.17) is 14.2 Å². The van der Waals surface area contributed by atoms with Crippen molar-refractivity contribution >= 4 is 5.97 Å². The first-order chi connectivity index (χ1) is 13.6. The lowest BCUT2D eigenvalue weighted by Crippen LogP contribution is -2.24. The maximum Gasteiger partial charge on any atom is 0.305 e. The maximum atomic E-state index is 11.5. The SMILES string of the molecule is CCOC(=O)CCCCN(Cc1ccc(OC)cc1)Cc1ccc(OC)cc1. The summed E-state index contributed by atoms with van der Waals surface area (Å²) in [6.45, 7) is 4.88. The van der Waals surface area contributed by atoms with E-state index in [0.717, 1.165) is 44.0 Å². The Morgan fingerprint density at radius 3 is 1.75 bits per heavy atom. The summed E-state index contributed by atoms with van der Waals surface area (Å²) < 4.78 is 15.5. The molecule has 152 valence electrons. The van der Waals surface area contributed by atoms with Crippen molar-refractivity contribution in [3.05, 3.63) is 59.7 Å². The van der Waals surface area contributed by atoms with Crippen molar-refractivity contribution < 1.29 is 19.0 Å². The summed E-state index contributed by atoms with van der Waals surface area (Å²) in [6.07, 6.45) is 2.26. The van der Waals surface area contributed by atoms with Crippen LogP contribution < -0.4 is 9.47 Å². The summed E-state index contributed by atoms with van der Waals surface area (Å²) in [5, 5.41) is 0. The molecule has 5 nitrogen and oxygen atoms in total. The van der Waals surface area contributed by atoms with Crippen molar-refractivity contribution in [2.45, 2.75) is 39.3 Å². The molecular weight excluding hydrogens is 354 g/mol. The summed E-state index contributed by atoms with van der Waals surface area (Å²) in [4.78, 5) is 13.9. The molecule has 0 fully saturated rings. The Morgan fingerprint density at radius 2 is 1.32 bits per heavy atom. The zero-order chi connectivity index (χ0) is 20.2. The largest absolute Gasteiger partial charge is 0.497 e. The number of ether oxygens (including phenoxy) is 3. The molecule has 0 saturated carbocycles. The quantitative estimate of drug-likeness (QED) is 0.399. The van der Waals surface area contributed by atoms with Crippen LogP contribution in [0.4, 0.5) is 0 Å². The highest BCUT2D eigenvalue weighted by Crippen LogP contribution is 2.17. The van der Waals surface area contributed by atoms with Gasteiger partial charge in [0.1, 0.15) is 11.5 Å². The van der Waals surface area contributed by atoms with Gasteiger partial charge in [0.15, 0.2) is 0 Å². The van der Waals surface area contributed by atoms with Gasteiger partial charge in [0, 0.05) is 19.5 Å². The van der Waals surface area contributed by atoms with E-state index in [1.165, 1.54) is 11.1 Å². The van der Waals surface area contributed by atoms with Crippen LogP contribution in [0.15, 0.2) is 48.5 Å². The maximum absolute atomic E-state index is 11.5. The van der Waals surface area contributed by atoms with Crippen molar-refractivity contribution in [3.8, 4) is 11.5 Å². The first-order valence-electron chi connectivity index (χ1n) is 9.78. The predicted molar refractivity (Wildman–Crippen MR) is 111 cm³/mol. The van der Waals surface area contributed by atoms with Gasteiger partial charge in [-0.3, -0.25) is 9.69 Å². The Bertz CT molecular complexity index is 648. The zero-order valence-electron chi connectivity index (χ0n) is 17.1. The van der Waals surface area contributed by atoms with Crippen molar-refractivity contribution in [1.82, 2.24) is 4.90 Å². The lowest BCUT2D eigenvalue weighted by molar-refractivity contribution is -0.143. The summed E-state index contributed by atoms with van der Waals surface area (Å²) >= 11 is 0. The molecule has 0 atom stereocenters. The highest BCUT2D eigenvalue weighted by Gasteiger charge is 2.09. The van der Waals surface area contributed by atoms with E-state index in [-0.39, 0.29) is 5.97 Å². The van der Waals surface area contributed by atoms with E-state index < -0.39 is 0 Å². The molecule has 0 aromatic heterocycles. The molecule has 0 aliphatic carbocycles. The van der Waals surface area contributed by atoms with Gasteiger partial charge in [0.2, 0.25) is 0 Å². The van der Waals surface area contributed by atoms with Gasteiger partial charge in [0.05, 0.1) is 20.8 Å². The fourth-order valence-corrected chi connectivity index (χ4v) is 3.03. The van der Waals surface area contributed by atoms with Gasteiger partial charge in [-0.1, -0.05) is 24.3 Å². The topological polar surface area (TPSA) is 48.0 Å². The fraction of sp³-hybridized carbons (Fsp3) is 0.435. The van der Waals surface area contributed by atoms with Crippen molar-refractivity contribution in [2.75, 3.05) is 27.4 Å². The smallest absolute Gasteiger partial charge is 0.305 e. The summed E-state index contributed by atoms with van der Waals surface area (Å²) in [6, 6.07) is 16.3. The highest BCUT2D eigenvalue weighted by molar-refractivity contribution is 5.69. The fourth-order valence-electron chi connectivity index (χ4n) is 3.03. The standard InChI is InChI=1S/C23H31NO4/c1-4-28-23(25)7-5-6-16-24(17-19-8-12-21(26-2)13-9-19)18-20-10-14-22(27-3)15-11-20/h8-15H,4-7,16-18H2,1-3H3. The number of benzene rings is 2. The van der Waals surface area contributed by atoms with E-state index in [9.17, 15) is 4.79 Å². The number of esters is 1. The molecule has 28 heavy (non-hydrogen) atoms. The van der Waals surface area contributed by atoms with Crippen LogP contribution in [0.1, 0.15) is 37.3 Å². The van der Waals surface area contributed by atoms with Crippen molar-refractivity contribution in [2.24, 2.45) is 0 Å². The molecule has 2 aromatic carbocycles. The van der Waals surface area contributed by atoms with E-state index in [0.29, 0.717) is 13.0 Å². The lowest BCUT2D eigenvalue weighted by atomic mass is 10.1. The normalized spacial score (nSPS) is 10.7. The monoisotopic (exact) mass is 385 g/mol. The Kier molecular flexibility index (Phi) is 9.35. The van der Waals surface area contributed by atoms with Gasteiger partial charge >= 0.3 is 5.97 Å². The first kappa shape index (κ1) is 21.8. The minimum atomic E-state index is -0.112. The average Bonchev–Trinajstić information content (AvgIpc) is 2.72. The minimum Gasteiger partial charge on any atom is -0.497 e. The molecule has 0 amide bonds. The van der Waals surface area contributed by atoms with Crippen LogP contribution in [0, 0.1) is 0 Å². The van der Waals surface area contributed by atoms with Gasteiger partial charge in [-0.05, 0) is 61.7 Å². The minimum absolute atomic E-state index is 0.112. The molecule has 0 unspecified atom stereocenters. The summed E-state index contributed by atoms with van der Waals surface area (Å²) in [7, 11) is 3.35. The van der Waals surface area contributed by atoms with Crippen LogP contribution in [0.25, 0.3) is 0 Å². The molecular formula is C23H31NO4. The van der Waals surface area contributed by atoms with E-state index in [1.54, 1.807) is 14.2 Å². The number of unbranched alkanes of at least 4 members (excludes halogenated alkanes) is 1. The zero-order valence-corrected chi connectivity index (χ0v) is 17.1. The van der Waals surface area contributed by atoms with Gasteiger partial charge in [-0.2, -0.15) is 0 Å². The second-order valence-corrected chi connectivity index (χ2v) is 6.67. The number of carbonyl (C=O) groups excluding carboxylic acids is 1. The van der Waals surface area contributed by atoms with Gasteiger partial charge in [-0.15, -0.1) is 0 Å². The van der Waals surface area contributed by atoms with Gasteiger partial charge < -0.3 is 14.2 Å². The van der Waals surface area contributed by atoms with Gasteiger partial charge in [0.25, 0.3) is 0 Å². The number of methoxy groups -OCH3 is 2. The number of rotatable bonds is 12. The van der Waals surface area contributed by atoms with E-state index in [2.05, 4.69) is 29.2 Å². The highest BCUT2D eigenvalue weighted by atomic mass is 16.5. The molecule has 0 aliphatic rings. The predicted octanol–water partition coefficient (Wildman–Crippen LogP) is 4.44. The molecule has 5 heteroatoms. The van der Waals surface area contributed by atoms with Crippen LogP contribution >= 0.6 is 0 Å². The number of hydrogen-bond acceptors (Lipinski definition) is 5. The third kappa shape index (κ3) is 7.61. The summed E-state index contributed by atoms with van der Waals surface area (Å²) in [5.74, 6) is 1.61. The van der Waals surface area contributed by atoms with Gasteiger partial charge in [-0.25, -0.2) is 0 Å². The lowest BCUT2D eigenvalue weighted by Gasteiger charge is -2.23. The number of carbonyl (C=O) groups is 1. The van der Waals surface area contributed by atoms with Crippen LogP contribution in [-0.2, 0) is 22.6 Å². The molecule has 0 heterocycles. The second-order valence-electron chi connectivity index (χ2n) is 6.67. The van der Waals surface area contributed by atoms with Crippen LogP contribution in [0.5, 0.6) is 11.5 Å². The summed E-state index contributed by atoms with van der Waals surface area (Å²) in [5.41, 5.74) is 2.47. The molecule has 0 bridgehead atoms. The molecule has 2 aromatic rings. The molecule has 2 rings (SSSR count). The Balaban J connectivity index is 1.95. The van der Waals surface area contributed by atoms with Crippen LogP contribution in [0.3, 0.4) is 0 Å². The van der Waals surface area contributed by atoms with Crippen molar-refractivity contribution in [3.63, 3.8) is 0 Å². The third-order valence-electron chi connectivity index (χ3n) is 4.54. The first-order valence-corrected chi connectivity index (χ1v) is 9.78. The van der Waals surface area contributed by atoms with E-state index >= 15 is 0 Å².